The van der Waals surface area contributed by atoms with Crippen LogP contribution in [0.15, 0.2) is 12.4 Å². The van der Waals surface area contributed by atoms with Crippen LogP contribution in [0.4, 0.5) is 0 Å². The first-order chi connectivity index (χ1) is 8.36. The van der Waals surface area contributed by atoms with Crippen LogP contribution in [0, 0.1) is 0 Å². The summed E-state index contributed by atoms with van der Waals surface area (Å²) in [6.07, 6.45) is 9.67. The van der Waals surface area contributed by atoms with Gasteiger partial charge in [0.2, 0.25) is 5.88 Å². The molecule has 1 heterocycles. The molecule has 96 valence electrons. The maximum absolute atomic E-state index is 5.53. The number of unbranched alkanes of at least 4 members (excludes halogenated alkanes) is 4. The molecule has 0 aliphatic carbocycles. The van der Waals surface area contributed by atoms with Gasteiger partial charge in [-0.1, -0.05) is 32.6 Å². The Bertz CT molecular complexity index is 287. The monoisotopic (exact) mass is 237 g/mol. The Balaban J connectivity index is 2.14. The lowest BCUT2D eigenvalue weighted by atomic mass is 10.2. The maximum Gasteiger partial charge on any atom is 0.232 e. The van der Waals surface area contributed by atoms with E-state index in [1.54, 1.807) is 12.4 Å². The predicted octanol–water partition coefficient (Wildman–Crippen LogP) is 2.55. The molecule has 1 aromatic rings. The topological polar surface area (TPSA) is 47.0 Å². The largest absolute Gasteiger partial charge is 0.477 e. The minimum Gasteiger partial charge on any atom is -0.477 e. The lowest BCUT2D eigenvalue weighted by Gasteiger charge is -2.05. The van der Waals surface area contributed by atoms with Gasteiger partial charge in [-0.3, -0.25) is 4.98 Å². The summed E-state index contributed by atoms with van der Waals surface area (Å²) in [5.41, 5.74) is 0.933. The summed E-state index contributed by atoms with van der Waals surface area (Å²) in [7, 11) is 1.89. The fraction of sp³-hybridized carbons (Fsp3) is 0.692. The second-order valence-corrected chi connectivity index (χ2v) is 4.14. The summed E-state index contributed by atoms with van der Waals surface area (Å²) in [6, 6.07) is 0. The Kier molecular flexibility index (Phi) is 7.30. The van der Waals surface area contributed by atoms with Gasteiger partial charge >= 0.3 is 0 Å². The maximum atomic E-state index is 5.53. The molecule has 0 radical (unpaired) electrons. The van der Waals surface area contributed by atoms with Crippen molar-refractivity contribution in [2.45, 2.75) is 45.6 Å². The second kappa shape index (κ2) is 8.93. The van der Waals surface area contributed by atoms with E-state index in [9.17, 15) is 0 Å². The first-order valence-electron chi connectivity index (χ1n) is 6.45. The van der Waals surface area contributed by atoms with Crippen LogP contribution in [-0.4, -0.2) is 23.6 Å². The molecule has 0 spiro atoms. The zero-order valence-electron chi connectivity index (χ0n) is 10.9. The van der Waals surface area contributed by atoms with Crippen LogP contribution >= 0.6 is 0 Å². The third-order valence-corrected chi connectivity index (χ3v) is 2.54. The molecule has 0 fully saturated rings. The third-order valence-electron chi connectivity index (χ3n) is 2.54. The highest BCUT2D eigenvalue weighted by Gasteiger charge is 1.97. The van der Waals surface area contributed by atoms with Gasteiger partial charge in [-0.2, -0.15) is 0 Å². The molecular weight excluding hydrogens is 214 g/mol. The Morgan fingerprint density at radius 3 is 2.59 bits per heavy atom. The standard InChI is InChI=1S/C13H23N3O/c1-3-4-5-6-7-8-17-13-11-15-12(9-14-2)10-16-13/h10-11,14H,3-9H2,1-2H3. The molecule has 0 aliphatic heterocycles. The van der Waals surface area contributed by atoms with Crippen LogP contribution in [0.3, 0.4) is 0 Å². The Morgan fingerprint density at radius 2 is 1.94 bits per heavy atom. The van der Waals surface area contributed by atoms with Gasteiger partial charge in [0.1, 0.15) is 0 Å². The van der Waals surface area contributed by atoms with Crippen molar-refractivity contribution in [2.75, 3.05) is 13.7 Å². The first kappa shape index (κ1) is 13.9. The number of ether oxygens (including phenoxy) is 1. The van der Waals surface area contributed by atoms with E-state index in [1.807, 2.05) is 7.05 Å². The molecule has 0 atom stereocenters. The zero-order valence-corrected chi connectivity index (χ0v) is 10.9. The molecule has 0 saturated carbocycles. The molecule has 0 saturated heterocycles. The molecule has 4 nitrogen and oxygen atoms in total. The average Bonchev–Trinajstić information content (AvgIpc) is 2.36. The minimum atomic E-state index is 0.625. The van der Waals surface area contributed by atoms with E-state index in [1.165, 1.54) is 25.7 Å². The molecule has 1 rings (SSSR count). The summed E-state index contributed by atoms with van der Waals surface area (Å²) in [5.74, 6) is 0.625. The predicted molar refractivity (Wildman–Crippen MR) is 69.0 cm³/mol. The van der Waals surface area contributed by atoms with Crippen LogP contribution in [-0.2, 0) is 6.54 Å². The van der Waals surface area contributed by atoms with Crippen LogP contribution in [0.25, 0.3) is 0 Å². The van der Waals surface area contributed by atoms with Crippen molar-refractivity contribution in [3.05, 3.63) is 18.1 Å². The Morgan fingerprint density at radius 1 is 1.12 bits per heavy atom. The normalized spacial score (nSPS) is 10.5. The molecule has 0 aromatic carbocycles. The van der Waals surface area contributed by atoms with Gasteiger partial charge in [-0.25, -0.2) is 4.98 Å². The number of hydrogen-bond acceptors (Lipinski definition) is 4. The van der Waals surface area contributed by atoms with E-state index in [0.29, 0.717) is 5.88 Å². The Hall–Kier alpha value is -1.16. The van der Waals surface area contributed by atoms with Crippen molar-refractivity contribution in [1.82, 2.24) is 15.3 Å². The Labute approximate surface area is 104 Å². The van der Waals surface area contributed by atoms with E-state index in [-0.39, 0.29) is 0 Å². The SMILES string of the molecule is CCCCCCCOc1cnc(CNC)cn1. The van der Waals surface area contributed by atoms with Gasteiger partial charge in [-0.15, -0.1) is 0 Å². The van der Waals surface area contributed by atoms with Gasteiger partial charge in [0.15, 0.2) is 0 Å². The molecule has 0 unspecified atom stereocenters. The molecule has 17 heavy (non-hydrogen) atoms. The van der Waals surface area contributed by atoms with Crippen molar-refractivity contribution < 1.29 is 4.74 Å². The van der Waals surface area contributed by atoms with Gasteiger partial charge in [-0.05, 0) is 13.5 Å². The molecule has 1 N–H and O–H groups in total. The van der Waals surface area contributed by atoms with E-state index in [2.05, 4.69) is 22.2 Å². The number of rotatable bonds is 9. The molecule has 1 aromatic heterocycles. The number of nitrogens with zero attached hydrogens (tertiary/aromatic N) is 2. The third kappa shape index (κ3) is 6.22. The molecule has 0 aliphatic rings. The molecule has 0 bridgehead atoms. The summed E-state index contributed by atoms with van der Waals surface area (Å²) < 4.78 is 5.53. The van der Waals surface area contributed by atoms with Gasteiger partial charge in [0.25, 0.3) is 0 Å². The summed E-state index contributed by atoms with van der Waals surface area (Å²) in [6.45, 7) is 3.70. The van der Waals surface area contributed by atoms with Crippen LogP contribution in [0.5, 0.6) is 5.88 Å². The van der Waals surface area contributed by atoms with E-state index in [0.717, 1.165) is 25.3 Å². The average molecular weight is 237 g/mol. The highest BCUT2D eigenvalue weighted by Crippen LogP contribution is 2.07. The smallest absolute Gasteiger partial charge is 0.232 e. The van der Waals surface area contributed by atoms with Gasteiger partial charge < -0.3 is 10.1 Å². The van der Waals surface area contributed by atoms with Crippen molar-refractivity contribution in [3.63, 3.8) is 0 Å². The van der Waals surface area contributed by atoms with Crippen molar-refractivity contribution in [3.8, 4) is 5.88 Å². The molecule has 0 amide bonds. The fourth-order valence-corrected chi connectivity index (χ4v) is 1.57. The molecule has 4 heteroatoms. The lowest BCUT2D eigenvalue weighted by Crippen LogP contribution is -2.08. The van der Waals surface area contributed by atoms with Crippen molar-refractivity contribution >= 4 is 0 Å². The number of nitrogens with one attached hydrogen (secondary N) is 1. The van der Waals surface area contributed by atoms with Crippen LogP contribution in [0.1, 0.15) is 44.7 Å². The quantitative estimate of drug-likeness (QED) is 0.670. The van der Waals surface area contributed by atoms with E-state index in [4.69, 9.17) is 4.74 Å². The van der Waals surface area contributed by atoms with E-state index >= 15 is 0 Å². The lowest BCUT2D eigenvalue weighted by molar-refractivity contribution is 0.292. The fourth-order valence-electron chi connectivity index (χ4n) is 1.57. The summed E-state index contributed by atoms with van der Waals surface area (Å²) in [5, 5.41) is 3.03. The number of aromatic nitrogens is 2. The highest BCUT2D eigenvalue weighted by atomic mass is 16.5. The van der Waals surface area contributed by atoms with Crippen LogP contribution in [0.2, 0.25) is 0 Å². The zero-order chi connectivity index (χ0) is 12.3. The van der Waals surface area contributed by atoms with Crippen LogP contribution < -0.4 is 10.1 Å². The van der Waals surface area contributed by atoms with Crippen molar-refractivity contribution in [1.29, 1.82) is 0 Å². The van der Waals surface area contributed by atoms with E-state index < -0.39 is 0 Å². The summed E-state index contributed by atoms with van der Waals surface area (Å²) >= 11 is 0. The minimum absolute atomic E-state index is 0.625. The molecular formula is C13H23N3O. The highest BCUT2D eigenvalue weighted by molar-refractivity contribution is 5.06. The second-order valence-electron chi connectivity index (χ2n) is 4.14. The van der Waals surface area contributed by atoms with Gasteiger partial charge in [0.05, 0.1) is 24.7 Å². The summed E-state index contributed by atoms with van der Waals surface area (Å²) in [4.78, 5) is 8.45. The van der Waals surface area contributed by atoms with Crippen molar-refractivity contribution in [2.24, 2.45) is 0 Å². The number of hydrogen-bond donors (Lipinski definition) is 1. The first-order valence-corrected chi connectivity index (χ1v) is 6.45. The van der Waals surface area contributed by atoms with Gasteiger partial charge in [0, 0.05) is 6.54 Å².